The molecule has 29 heavy (non-hydrogen) atoms. The van der Waals surface area contributed by atoms with Gasteiger partial charge in [0.2, 0.25) is 6.23 Å². The number of anilines is 2. The van der Waals surface area contributed by atoms with Crippen LogP contribution in [0.5, 0.6) is 5.75 Å². The van der Waals surface area contributed by atoms with Crippen molar-refractivity contribution in [3.05, 3.63) is 99.1 Å². The summed E-state index contributed by atoms with van der Waals surface area (Å²) in [5, 5.41) is 8.07. The first-order valence-electron chi connectivity index (χ1n) is 8.75. The van der Waals surface area contributed by atoms with E-state index in [2.05, 4.69) is 10.6 Å². The zero-order valence-corrected chi connectivity index (χ0v) is 17.2. The lowest BCUT2D eigenvalue weighted by Crippen LogP contribution is -2.37. The summed E-state index contributed by atoms with van der Waals surface area (Å²) in [5.41, 5.74) is 2.37. The van der Waals surface area contributed by atoms with Crippen molar-refractivity contribution in [3.8, 4) is 5.75 Å². The first-order chi connectivity index (χ1) is 14.0. The number of carbonyl (C=O) groups is 1. The molecule has 0 bridgehead atoms. The van der Waals surface area contributed by atoms with E-state index in [4.69, 9.17) is 39.5 Å². The maximum atomic E-state index is 13.2. The van der Waals surface area contributed by atoms with Crippen molar-refractivity contribution in [2.75, 3.05) is 10.6 Å². The minimum atomic E-state index is -0.697. The molecule has 0 aromatic heterocycles. The number of halogens is 3. The quantitative estimate of drug-likeness (QED) is 0.441. The Morgan fingerprint density at radius 3 is 2.03 bits per heavy atom. The lowest BCUT2D eigenvalue weighted by molar-refractivity contribution is 0.0973. The average Bonchev–Trinajstić information content (AvgIpc) is 2.71. The third-order valence-corrected chi connectivity index (χ3v) is 5.10. The summed E-state index contributed by atoms with van der Waals surface area (Å²) in [5.74, 6) is 0.288. The van der Waals surface area contributed by atoms with E-state index in [1.165, 1.54) is 0 Å². The Morgan fingerprint density at radius 2 is 1.38 bits per heavy atom. The van der Waals surface area contributed by atoms with Crippen LogP contribution in [0.2, 0.25) is 15.1 Å². The minimum Gasteiger partial charge on any atom is -0.466 e. The molecule has 3 aromatic rings. The lowest BCUT2D eigenvalue weighted by atomic mass is 9.98. The van der Waals surface area contributed by atoms with Crippen LogP contribution in [0, 0.1) is 0 Å². The fourth-order valence-electron chi connectivity index (χ4n) is 2.90. The zero-order chi connectivity index (χ0) is 20.4. The van der Waals surface area contributed by atoms with Crippen LogP contribution in [0.3, 0.4) is 0 Å². The minimum absolute atomic E-state index is 0.179. The maximum Gasteiger partial charge on any atom is 0.201 e. The van der Waals surface area contributed by atoms with Crippen molar-refractivity contribution in [2.45, 2.75) is 6.23 Å². The fraction of sp³-hybridized carbons (Fsp3) is 0.0455. The third-order valence-electron chi connectivity index (χ3n) is 4.36. The number of benzene rings is 3. The highest BCUT2D eigenvalue weighted by Crippen LogP contribution is 2.33. The van der Waals surface area contributed by atoms with Gasteiger partial charge >= 0.3 is 0 Å². The molecule has 0 unspecified atom stereocenters. The van der Waals surface area contributed by atoms with E-state index in [-0.39, 0.29) is 5.78 Å². The van der Waals surface area contributed by atoms with Crippen LogP contribution in [0.15, 0.2) is 78.5 Å². The van der Waals surface area contributed by atoms with Crippen LogP contribution in [0.4, 0.5) is 11.4 Å². The fourth-order valence-corrected chi connectivity index (χ4v) is 3.32. The molecular weight excluding hydrogens is 431 g/mol. The van der Waals surface area contributed by atoms with Crippen molar-refractivity contribution in [1.82, 2.24) is 0 Å². The van der Waals surface area contributed by atoms with Gasteiger partial charge in [-0.25, -0.2) is 0 Å². The molecule has 1 heterocycles. The predicted molar refractivity (Wildman–Crippen MR) is 118 cm³/mol. The summed E-state index contributed by atoms with van der Waals surface area (Å²) in [6.07, 6.45) is 0.931. The number of nitrogens with one attached hydrogen (secondary N) is 2. The number of carbonyl (C=O) groups excluding carboxylic acids is 1. The molecule has 7 heteroatoms. The molecule has 1 aliphatic heterocycles. The van der Waals surface area contributed by atoms with Gasteiger partial charge in [0.1, 0.15) is 5.75 Å². The summed E-state index contributed by atoms with van der Waals surface area (Å²) < 4.78 is 6.06. The molecule has 3 aromatic carbocycles. The summed E-state index contributed by atoms with van der Waals surface area (Å²) in [7, 11) is 0. The molecular formula is C22H15Cl3N2O2. The van der Waals surface area contributed by atoms with Gasteiger partial charge in [0, 0.05) is 32.6 Å². The van der Waals surface area contributed by atoms with E-state index in [0.29, 0.717) is 32.0 Å². The van der Waals surface area contributed by atoms with Gasteiger partial charge in [-0.3, -0.25) is 4.79 Å². The molecule has 4 nitrogen and oxygen atoms in total. The highest BCUT2D eigenvalue weighted by Gasteiger charge is 2.32. The number of ether oxygens (including phenoxy) is 1. The number of hydrogen-bond donors (Lipinski definition) is 2. The standard InChI is InChI=1S/C22H15Cl3N2O2/c23-13-1-6-16(7-2-13)26-12-19-21(28)18-11-15(25)5-10-20(18)29-22(19)27-17-8-3-14(24)4-9-17/h1-12,22,26-27H/b19-12+/t22-/m1/s1. The summed E-state index contributed by atoms with van der Waals surface area (Å²) >= 11 is 18.0. The van der Waals surface area contributed by atoms with E-state index >= 15 is 0 Å². The largest absolute Gasteiger partial charge is 0.466 e. The van der Waals surface area contributed by atoms with Crippen LogP contribution in [-0.4, -0.2) is 12.0 Å². The van der Waals surface area contributed by atoms with E-state index < -0.39 is 6.23 Å². The monoisotopic (exact) mass is 444 g/mol. The Labute approximate surface area is 183 Å². The van der Waals surface area contributed by atoms with Gasteiger partial charge in [0.05, 0.1) is 11.1 Å². The first kappa shape index (κ1) is 19.6. The number of Topliss-reactive ketones (excluding diaryl/α,β-unsaturated/α-hetero) is 1. The van der Waals surface area contributed by atoms with Crippen molar-refractivity contribution in [2.24, 2.45) is 0 Å². The molecule has 0 saturated carbocycles. The SMILES string of the molecule is O=C1/C(=C\Nc2ccc(Cl)cc2)[C@H](Nc2ccc(Cl)cc2)Oc2ccc(Cl)cc21. The smallest absolute Gasteiger partial charge is 0.201 e. The molecule has 0 amide bonds. The first-order valence-corrected chi connectivity index (χ1v) is 9.88. The van der Waals surface area contributed by atoms with Crippen molar-refractivity contribution < 1.29 is 9.53 Å². The van der Waals surface area contributed by atoms with Gasteiger partial charge in [0.25, 0.3) is 0 Å². The molecule has 146 valence electrons. The third kappa shape index (κ3) is 4.51. The molecule has 0 radical (unpaired) electrons. The summed E-state index contributed by atoms with van der Waals surface area (Å²) in [6, 6.07) is 19.3. The summed E-state index contributed by atoms with van der Waals surface area (Å²) in [6.45, 7) is 0. The molecule has 1 atom stereocenters. The van der Waals surface area contributed by atoms with E-state index in [1.807, 2.05) is 24.3 Å². The Morgan fingerprint density at radius 1 is 0.793 bits per heavy atom. The number of rotatable bonds is 4. The highest BCUT2D eigenvalue weighted by atomic mass is 35.5. The number of fused-ring (bicyclic) bond motifs is 1. The van der Waals surface area contributed by atoms with Crippen molar-refractivity contribution in [1.29, 1.82) is 0 Å². The number of hydrogen-bond acceptors (Lipinski definition) is 4. The Balaban J connectivity index is 1.68. The average molecular weight is 446 g/mol. The van der Waals surface area contributed by atoms with Crippen LogP contribution >= 0.6 is 34.8 Å². The molecule has 0 saturated heterocycles. The van der Waals surface area contributed by atoms with Crippen LogP contribution in [0.25, 0.3) is 0 Å². The van der Waals surface area contributed by atoms with Gasteiger partial charge in [-0.15, -0.1) is 0 Å². The molecule has 0 fully saturated rings. The predicted octanol–water partition coefficient (Wildman–Crippen LogP) is 6.66. The molecule has 0 spiro atoms. The molecule has 1 aliphatic rings. The Bertz CT molecular complexity index is 1080. The van der Waals surface area contributed by atoms with Crippen molar-refractivity contribution in [3.63, 3.8) is 0 Å². The Hall–Kier alpha value is -2.66. The van der Waals surface area contributed by atoms with Crippen LogP contribution < -0.4 is 15.4 Å². The topological polar surface area (TPSA) is 50.4 Å². The van der Waals surface area contributed by atoms with Gasteiger partial charge in [-0.05, 0) is 66.7 Å². The molecule has 2 N–H and O–H groups in total. The van der Waals surface area contributed by atoms with E-state index in [1.54, 1.807) is 48.7 Å². The van der Waals surface area contributed by atoms with E-state index in [9.17, 15) is 4.79 Å². The maximum absolute atomic E-state index is 13.2. The zero-order valence-electron chi connectivity index (χ0n) is 15.0. The van der Waals surface area contributed by atoms with Gasteiger partial charge in [0.15, 0.2) is 5.78 Å². The van der Waals surface area contributed by atoms with Gasteiger partial charge in [-0.1, -0.05) is 34.8 Å². The van der Waals surface area contributed by atoms with Crippen molar-refractivity contribution >= 4 is 52.0 Å². The summed E-state index contributed by atoms with van der Waals surface area (Å²) in [4.78, 5) is 13.2. The Kier molecular flexibility index (Phi) is 5.67. The van der Waals surface area contributed by atoms with Crippen LogP contribution in [-0.2, 0) is 0 Å². The van der Waals surface area contributed by atoms with Crippen LogP contribution in [0.1, 0.15) is 10.4 Å². The van der Waals surface area contributed by atoms with Gasteiger partial charge in [-0.2, -0.15) is 0 Å². The molecule has 0 aliphatic carbocycles. The lowest BCUT2D eigenvalue weighted by Gasteiger charge is -2.29. The van der Waals surface area contributed by atoms with E-state index in [0.717, 1.165) is 11.4 Å². The van der Waals surface area contributed by atoms with Gasteiger partial charge < -0.3 is 15.4 Å². The second-order valence-corrected chi connectivity index (χ2v) is 7.68. The second kappa shape index (κ2) is 8.37. The highest BCUT2D eigenvalue weighted by molar-refractivity contribution is 6.31. The number of ketones is 1. The second-order valence-electron chi connectivity index (χ2n) is 6.37. The normalized spacial score (nSPS) is 16.9. The molecule has 4 rings (SSSR count).